The van der Waals surface area contributed by atoms with Crippen molar-refractivity contribution >= 4 is 0 Å². The van der Waals surface area contributed by atoms with Crippen LogP contribution in [0.1, 0.15) is 122 Å². The molecule has 0 N–H and O–H groups in total. The van der Waals surface area contributed by atoms with Gasteiger partial charge in [-0.2, -0.15) is 0 Å². The van der Waals surface area contributed by atoms with E-state index in [1.54, 1.807) is 0 Å². The highest BCUT2D eigenvalue weighted by Crippen LogP contribution is 2.14. The van der Waals surface area contributed by atoms with Gasteiger partial charge in [-0.25, -0.2) is 0 Å². The minimum absolute atomic E-state index is 1.22. The van der Waals surface area contributed by atoms with Gasteiger partial charge in [-0.05, 0) is 25.7 Å². The summed E-state index contributed by atoms with van der Waals surface area (Å²) < 4.78 is 0. The monoisotopic (exact) mass is 396 g/mol. The van der Waals surface area contributed by atoms with Crippen LogP contribution in [0.25, 0.3) is 0 Å². The zero-order chi connectivity index (χ0) is 20.5. The van der Waals surface area contributed by atoms with Gasteiger partial charge in [0.2, 0.25) is 0 Å². The van der Waals surface area contributed by atoms with Crippen LogP contribution in [0, 0.1) is 0 Å². The van der Waals surface area contributed by atoms with E-state index in [9.17, 15) is 0 Å². The van der Waals surface area contributed by atoms with Gasteiger partial charge in [0.1, 0.15) is 0 Å². The largest absolute Gasteiger partial charge is 0.0845 e. The lowest BCUT2D eigenvalue weighted by atomic mass is 10.0. The molecule has 0 atom stereocenters. The Morgan fingerprint density at radius 1 is 0.207 bits per heavy atom. The standard InChI is InChI=1S/C29H48/c1-2-4-6-8-10-12-14-16-18-20-22-24-26-28-29-27-25-23-21-19-17-15-13-11-9-7-5-3-1/h1-10H,11-29H2/b2-1-,5-3-,6-4+,9-7?,10-8-. The van der Waals surface area contributed by atoms with Crippen molar-refractivity contribution in [1.29, 1.82) is 0 Å². The second-order valence-electron chi connectivity index (χ2n) is 8.60. The normalized spacial score (nSPS) is 25.7. The van der Waals surface area contributed by atoms with Gasteiger partial charge in [-0.15, -0.1) is 0 Å². The Bertz CT molecular complexity index is 418. The van der Waals surface area contributed by atoms with E-state index in [1.165, 1.54) is 122 Å². The van der Waals surface area contributed by atoms with Crippen molar-refractivity contribution in [3.05, 3.63) is 60.8 Å². The summed E-state index contributed by atoms with van der Waals surface area (Å²) in [7, 11) is 0. The lowest BCUT2D eigenvalue weighted by molar-refractivity contribution is 0.526. The van der Waals surface area contributed by atoms with E-state index in [0.29, 0.717) is 0 Å². The summed E-state index contributed by atoms with van der Waals surface area (Å²) >= 11 is 0. The van der Waals surface area contributed by atoms with Crippen LogP contribution in [0.15, 0.2) is 60.8 Å². The predicted octanol–water partition coefficient (Wildman–Crippen LogP) is 10.2. The molecule has 0 heterocycles. The van der Waals surface area contributed by atoms with Gasteiger partial charge in [-0.3, -0.25) is 0 Å². The van der Waals surface area contributed by atoms with Crippen molar-refractivity contribution in [3.63, 3.8) is 0 Å². The molecule has 0 unspecified atom stereocenters. The Labute approximate surface area is 183 Å². The van der Waals surface area contributed by atoms with Crippen LogP contribution < -0.4 is 0 Å². The second-order valence-corrected chi connectivity index (χ2v) is 8.60. The minimum atomic E-state index is 1.22. The van der Waals surface area contributed by atoms with E-state index in [4.69, 9.17) is 0 Å². The maximum Gasteiger partial charge on any atom is -0.0348 e. The molecule has 0 bridgehead atoms. The first-order chi connectivity index (χ1) is 14.5. The van der Waals surface area contributed by atoms with E-state index in [0.717, 1.165) is 0 Å². The number of hydrogen-bond acceptors (Lipinski definition) is 0. The Balaban J connectivity index is 2.21. The van der Waals surface area contributed by atoms with Crippen molar-refractivity contribution < 1.29 is 0 Å². The lowest BCUT2D eigenvalue weighted by Crippen LogP contribution is -1.84. The molecule has 0 aromatic heterocycles. The van der Waals surface area contributed by atoms with Gasteiger partial charge in [0.25, 0.3) is 0 Å². The smallest absolute Gasteiger partial charge is 0.0348 e. The molecule has 1 rings (SSSR count). The molecular weight excluding hydrogens is 348 g/mol. The van der Waals surface area contributed by atoms with E-state index in [1.807, 2.05) is 0 Å². The molecule has 164 valence electrons. The van der Waals surface area contributed by atoms with E-state index in [2.05, 4.69) is 60.8 Å². The average molecular weight is 397 g/mol. The van der Waals surface area contributed by atoms with Crippen LogP contribution >= 0.6 is 0 Å². The third-order valence-electron chi connectivity index (χ3n) is 5.79. The highest BCUT2D eigenvalue weighted by molar-refractivity contribution is 5.17. The zero-order valence-electron chi connectivity index (χ0n) is 19.2. The maximum absolute atomic E-state index is 2.31. The van der Waals surface area contributed by atoms with Crippen LogP contribution in [0.3, 0.4) is 0 Å². The molecule has 0 amide bonds. The summed E-state index contributed by atoms with van der Waals surface area (Å²) in [5.74, 6) is 0. The molecule has 1 aliphatic rings. The van der Waals surface area contributed by atoms with Gasteiger partial charge >= 0.3 is 0 Å². The average Bonchev–Trinajstić information content (AvgIpc) is 2.73. The van der Waals surface area contributed by atoms with E-state index in [-0.39, 0.29) is 0 Å². The van der Waals surface area contributed by atoms with Crippen LogP contribution in [-0.2, 0) is 0 Å². The van der Waals surface area contributed by atoms with Gasteiger partial charge in [0.15, 0.2) is 0 Å². The molecule has 0 heteroatoms. The highest BCUT2D eigenvalue weighted by atomic mass is 14.0. The van der Waals surface area contributed by atoms with E-state index < -0.39 is 0 Å². The summed E-state index contributed by atoms with van der Waals surface area (Å²) in [4.78, 5) is 0. The SMILES string of the molecule is C1=CCCCCCCCCCCCCCCCCCCC\C=C/C=C/C=C\C=C/1. The third kappa shape index (κ3) is 21.2. The van der Waals surface area contributed by atoms with Crippen LogP contribution in [0.4, 0.5) is 0 Å². The molecule has 0 spiro atoms. The highest BCUT2D eigenvalue weighted by Gasteiger charge is 1.95. The zero-order valence-corrected chi connectivity index (χ0v) is 19.2. The summed E-state index contributed by atoms with van der Waals surface area (Å²) in [6.07, 6.45) is 48.5. The topological polar surface area (TPSA) is 0 Å². The molecule has 0 aromatic rings. The summed E-state index contributed by atoms with van der Waals surface area (Å²) in [6, 6.07) is 0. The van der Waals surface area contributed by atoms with Gasteiger partial charge in [0, 0.05) is 0 Å². The first-order valence-corrected chi connectivity index (χ1v) is 12.8. The number of rotatable bonds is 0. The Morgan fingerprint density at radius 2 is 0.414 bits per heavy atom. The quantitative estimate of drug-likeness (QED) is 0.382. The van der Waals surface area contributed by atoms with Crippen LogP contribution in [-0.4, -0.2) is 0 Å². The van der Waals surface area contributed by atoms with Crippen molar-refractivity contribution in [2.75, 3.05) is 0 Å². The minimum Gasteiger partial charge on any atom is -0.0845 e. The molecular formula is C29H48. The van der Waals surface area contributed by atoms with Crippen molar-refractivity contribution in [2.24, 2.45) is 0 Å². The maximum atomic E-state index is 2.31. The first-order valence-electron chi connectivity index (χ1n) is 12.8. The molecule has 0 aromatic carbocycles. The van der Waals surface area contributed by atoms with Gasteiger partial charge in [0.05, 0.1) is 0 Å². The number of hydrogen-bond donors (Lipinski definition) is 0. The fourth-order valence-electron chi connectivity index (χ4n) is 3.91. The molecule has 0 saturated carbocycles. The Kier molecular flexibility index (Phi) is 20.4. The summed E-state index contributed by atoms with van der Waals surface area (Å²) in [6.45, 7) is 0. The molecule has 0 fully saturated rings. The predicted molar refractivity (Wildman–Crippen MR) is 133 cm³/mol. The molecule has 0 aliphatic heterocycles. The Hall–Kier alpha value is -1.30. The fourth-order valence-corrected chi connectivity index (χ4v) is 3.91. The molecule has 1 aliphatic carbocycles. The van der Waals surface area contributed by atoms with Crippen molar-refractivity contribution in [3.8, 4) is 0 Å². The first kappa shape index (κ1) is 25.7. The van der Waals surface area contributed by atoms with Crippen molar-refractivity contribution in [1.82, 2.24) is 0 Å². The second kappa shape index (κ2) is 23.0. The third-order valence-corrected chi connectivity index (χ3v) is 5.79. The van der Waals surface area contributed by atoms with E-state index >= 15 is 0 Å². The molecule has 29 heavy (non-hydrogen) atoms. The summed E-state index contributed by atoms with van der Waals surface area (Å²) in [5, 5.41) is 0. The fraction of sp³-hybridized carbons (Fsp3) is 0.655. The van der Waals surface area contributed by atoms with Gasteiger partial charge < -0.3 is 0 Å². The molecule has 0 nitrogen and oxygen atoms in total. The molecule has 0 radical (unpaired) electrons. The van der Waals surface area contributed by atoms with Crippen molar-refractivity contribution in [2.45, 2.75) is 122 Å². The Morgan fingerprint density at radius 3 is 0.690 bits per heavy atom. The summed E-state index contributed by atoms with van der Waals surface area (Å²) in [5.41, 5.74) is 0. The van der Waals surface area contributed by atoms with Crippen LogP contribution in [0.2, 0.25) is 0 Å². The van der Waals surface area contributed by atoms with Crippen LogP contribution in [0.5, 0.6) is 0 Å². The van der Waals surface area contributed by atoms with Gasteiger partial charge in [-0.1, -0.05) is 157 Å². The lowest BCUT2D eigenvalue weighted by Gasteiger charge is -2.03. The molecule has 0 saturated heterocycles. The number of allylic oxidation sites excluding steroid dienone is 10.